The first-order valence-corrected chi connectivity index (χ1v) is 11.9. The van der Waals surface area contributed by atoms with E-state index in [2.05, 4.69) is 20.6 Å². The van der Waals surface area contributed by atoms with E-state index in [-0.39, 0.29) is 39.0 Å². The number of ether oxygens (including phenoxy) is 1. The van der Waals surface area contributed by atoms with Gasteiger partial charge in [-0.15, -0.1) is 0 Å². The van der Waals surface area contributed by atoms with Crippen LogP contribution in [-0.4, -0.2) is 83.0 Å². The van der Waals surface area contributed by atoms with Crippen molar-refractivity contribution in [2.45, 2.75) is 38.5 Å². The predicted octanol–water partition coefficient (Wildman–Crippen LogP) is 1.92. The van der Waals surface area contributed by atoms with E-state index < -0.39 is 29.9 Å². The van der Waals surface area contributed by atoms with Gasteiger partial charge in [-0.1, -0.05) is 34.5 Å². The molecule has 1 aliphatic rings. The molecule has 3 atom stereocenters. The van der Waals surface area contributed by atoms with E-state index in [9.17, 15) is 19.5 Å². The normalized spacial score (nSPS) is 19.1. The molecule has 11 nitrogen and oxygen atoms in total. The topological polar surface area (TPSA) is 157 Å². The number of hydrogen-bond acceptors (Lipinski definition) is 8. The monoisotopic (exact) mass is 533 g/mol. The highest BCUT2D eigenvalue weighted by atomic mass is 35.5. The fraction of sp³-hybridized carbons (Fsp3) is 0.500. The molecule has 0 bridgehead atoms. The summed E-state index contributed by atoms with van der Waals surface area (Å²) >= 11 is 13.1. The highest BCUT2D eigenvalue weighted by Gasteiger charge is 2.34. The van der Waals surface area contributed by atoms with Gasteiger partial charge < -0.3 is 35.5 Å². The molecule has 2 aromatic heterocycles. The quantitative estimate of drug-likeness (QED) is 0.344. The van der Waals surface area contributed by atoms with Crippen molar-refractivity contribution < 1.29 is 29.3 Å². The van der Waals surface area contributed by atoms with Crippen molar-refractivity contribution in [2.24, 2.45) is 0 Å². The number of nitrogens with one attached hydrogen (secondary N) is 3. The van der Waals surface area contributed by atoms with Crippen LogP contribution in [0, 0.1) is 6.92 Å². The molecular formula is C20H25Cl2N5O6S. The summed E-state index contributed by atoms with van der Waals surface area (Å²) in [6.07, 6.45) is 0.0345. The minimum Gasteiger partial charge on any atom is -0.477 e. The molecular weight excluding hydrogens is 509 g/mol. The fourth-order valence-electron chi connectivity index (χ4n) is 3.54. The Morgan fingerprint density at radius 3 is 2.59 bits per heavy atom. The van der Waals surface area contributed by atoms with E-state index in [4.69, 9.17) is 33.0 Å². The summed E-state index contributed by atoms with van der Waals surface area (Å²) in [5.41, 5.74) is 0.534. The number of piperidine rings is 1. The Labute approximate surface area is 209 Å². The van der Waals surface area contributed by atoms with Gasteiger partial charge >= 0.3 is 5.97 Å². The first-order chi connectivity index (χ1) is 16.1. The lowest BCUT2D eigenvalue weighted by atomic mass is 10.0. The summed E-state index contributed by atoms with van der Waals surface area (Å²) < 4.78 is 5.58. The van der Waals surface area contributed by atoms with Crippen molar-refractivity contribution in [3.8, 4) is 0 Å². The van der Waals surface area contributed by atoms with Crippen molar-refractivity contribution >= 4 is 57.5 Å². The number of halogens is 2. The van der Waals surface area contributed by atoms with Gasteiger partial charge in [-0.2, -0.15) is 0 Å². The molecule has 0 saturated carbocycles. The Hall–Kier alpha value is -2.38. The zero-order chi connectivity index (χ0) is 25.2. The molecule has 14 heteroatoms. The number of hydrogen-bond donors (Lipinski definition) is 5. The highest BCUT2D eigenvalue weighted by molar-refractivity contribution is 7.17. The maximum atomic E-state index is 12.7. The molecule has 0 aliphatic carbocycles. The molecule has 186 valence electrons. The van der Waals surface area contributed by atoms with Crippen molar-refractivity contribution in [3.63, 3.8) is 0 Å². The van der Waals surface area contributed by atoms with Crippen molar-refractivity contribution in [1.82, 2.24) is 20.6 Å². The van der Waals surface area contributed by atoms with Crippen LogP contribution in [0.25, 0.3) is 0 Å². The lowest BCUT2D eigenvalue weighted by Crippen LogP contribution is -2.55. The summed E-state index contributed by atoms with van der Waals surface area (Å²) in [6.45, 7) is 3.74. The molecule has 0 spiro atoms. The van der Waals surface area contributed by atoms with Gasteiger partial charge in [0.25, 0.3) is 11.8 Å². The minimum absolute atomic E-state index is 0.147. The van der Waals surface area contributed by atoms with Gasteiger partial charge in [-0.25, -0.2) is 9.78 Å². The molecule has 0 radical (unpaired) electrons. The minimum atomic E-state index is -1.27. The van der Waals surface area contributed by atoms with Gasteiger partial charge in [0.05, 0.1) is 28.8 Å². The molecule has 1 fully saturated rings. The van der Waals surface area contributed by atoms with Crippen LogP contribution in [0.4, 0.5) is 5.13 Å². The third-order valence-corrected chi connectivity index (χ3v) is 7.46. The number of aryl methyl sites for hydroxylation is 1. The number of aromatic carboxylic acids is 1. The Kier molecular flexibility index (Phi) is 8.42. The lowest BCUT2D eigenvalue weighted by molar-refractivity contribution is 0.0540. The first kappa shape index (κ1) is 26.2. The van der Waals surface area contributed by atoms with Gasteiger partial charge in [0.1, 0.15) is 10.6 Å². The summed E-state index contributed by atoms with van der Waals surface area (Å²) in [6, 6.07) is -0.900. The van der Waals surface area contributed by atoms with Gasteiger partial charge in [0.2, 0.25) is 0 Å². The number of carboxylic acid groups (broad SMARTS) is 1. The molecule has 3 rings (SSSR count). The van der Waals surface area contributed by atoms with Crippen LogP contribution in [0.5, 0.6) is 0 Å². The van der Waals surface area contributed by atoms with Crippen LogP contribution < -0.4 is 15.5 Å². The molecule has 2 amide bonds. The van der Waals surface area contributed by atoms with Crippen molar-refractivity contribution in [2.75, 3.05) is 31.7 Å². The number of carbonyl (C=O) groups excluding carboxylic acids is 2. The summed E-state index contributed by atoms with van der Waals surface area (Å²) in [4.78, 5) is 45.6. The second kappa shape index (κ2) is 10.9. The average Bonchev–Trinajstić information content (AvgIpc) is 3.37. The number of methoxy groups -OCH3 is 1. The van der Waals surface area contributed by atoms with Gasteiger partial charge in [0.15, 0.2) is 10.8 Å². The molecule has 34 heavy (non-hydrogen) atoms. The van der Waals surface area contributed by atoms with E-state index in [1.165, 1.54) is 7.11 Å². The predicted molar refractivity (Wildman–Crippen MR) is 128 cm³/mol. The highest BCUT2D eigenvalue weighted by Crippen LogP contribution is 2.31. The number of thiazole rings is 1. The number of rotatable bonds is 8. The number of H-pyrrole nitrogens is 1. The Balaban J connectivity index is 1.75. The molecule has 3 unspecified atom stereocenters. The SMILES string of the molecule is COC1CN(c2nc(C(=O)NC(C)CO)c(C(=O)O)s2)CCC1NC(=O)c1[nH]c(C)c(Cl)c1Cl. The zero-order valence-corrected chi connectivity index (χ0v) is 21.0. The largest absolute Gasteiger partial charge is 0.477 e. The molecule has 1 saturated heterocycles. The third kappa shape index (κ3) is 5.47. The maximum absolute atomic E-state index is 12.7. The van der Waals surface area contributed by atoms with Crippen molar-refractivity contribution in [1.29, 1.82) is 0 Å². The number of aromatic nitrogens is 2. The standard InChI is InChI=1S/C20H25Cl2N5O6S/c1-8(7-28)23-18(30)15-16(19(31)32)34-20(26-15)27-5-4-10(11(6-27)33-3)25-17(29)14-13(22)12(21)9(2)24-14/h8,10-11,24,28H,4-7H2,1-3H3,(H,23,30)(H,25,29)(H,31,32). The number of carbonyl (C=O) groups is 3. The van der Waals surface area contributed by atoms with Crippen LogP contribution in [-0.2, 0) is 4.74 Å². The molecule has 3 heterocycles. The van der Waals surface area contributed by atoms with E-state index in [1.807, 2.05) is 4.90 Å². The van der Waals surface area contributed by atoms with Crippen LogP contribution in [0.1, 0.15) is 49.7 Å². The van der Waals surface area contributed by atoms with Crippen LogP contribution >= 0.6 is 34.5 Å². The average molecular weight is 534 g/mol. The Morgan fingerprint density at radius 1 is 1.32 bits per heavy atom. The summed E-state index contributed by atoms with van der Waals surface area (Å²) in [5.74, 6) is -2.36. The van der Waals surface area contributed by atoms with Crippen LogP contribution in [0.3, 0.4) is 0 Å². The van der Waals surface area contributed by atoms with Crippen LogP contribution in [0.2, 0.25) is 10.0 Å². The fourth-order valence-corrected chi connectivity index (χ4v) is 4.90. The summed E-state index contributed by atoms with van der Waals surface area (Å²) in [5, 5.41) is 24.9. The third-order valence-electron chi connectivity index (χ3n) is 5.41. The first-order valence-electron chi connectivity index (χ1n) is 10.3. The second-order valence-corrected chi connectivity index (χ2v) is 9.61. The summed E-state index contributed by atoms with van der Waals surface area (Å²) in [7, 11) is 1.51. The maximum Gasteiger partial charge on any atom is 0.348 e. The zero-order valence-electron chi connectivity index (χ0n) is 18.6. The van der Waals surface area contributed by atoms with E-state index in [1.54, 1.807) is 13.8 Å². The molecule has 1 aliphatic heterocycles. The number of aliphatic hydroxyl groups is 1. The molecule has 2 aromatic rings. The van der Waals surface area contributed by atoms with E-state index >= 15 is 0 Å². The lowest BCUT2D eigenvalue weighted by Gasteiger charge is -2.37. The number of anilines is 1. The van der Waals surface area contributed by atoms with Crippen LogP contribution in [0.15, 0.2) is 0 Å². The van der Waals surface area contributed by atoms with Gasteiger partial charge in [-0.3, -0.25) is 9.59 Å². The number of amides is 2. The number of aliphatic hydroxyl groups excluding tert-OH is 1. The number of nitrogens with zero attached hydrogens (tertiary/aromatic N) is 2. The van der Waals surface area contributed by atoms with Gasteiger partial charge in [0, 0.05) is 31.9 Å². The molecule has 5 N–H and O–H groups in total. The second-order valence-electron chi connectivity index (χ2n) is 7.88. The number of aromatic amines is 1. The Morgan fingerprint density at radius 2 is 2.03 bits per heavy atom. The smallest absolute Gasteiger partial charge is 0.348 e. The van der Waals surface area contributed by atoms with Gasteiger partial charge in [-0.05, 0) is 20.3 Å². The van der Waals surface area contributed by atoms with E-state index in [0.717, 1.165) is 11.3 Å². The van der Waals surface area contributed by atoms with E-state index in [0.29, 0.717) is 30.3 Å². The Bertz CT molecular complexity index is 1090. The number of carboxylic acids is 1. The molecule has 0 aromatic carbocycles. The van der Waals surface area contributed by atoms with Crippen molar-refractivity contribution in [3.05, 3.63) is 32.0 Å².